The molecule has 0 aliphatic carbocycles. The summed E-state index contributed by atoms with van der Waals surface area (Å²) in [6, 6.07) is 6.27. The first-order valence-corrected chi connectivity index (χ1v) is 11.0. The van der Waals surface area contributed by atoms with Gasteiger partial charge in [0.1, 0.15) is 11.6 Å². The number of aromatic nitrogens is 2. The maximum absolute atomic E-state index is 12.6. The van der Waals surface area contributed by atoms with E-state index in [9.17, 15) is 13.2 Å². The Bertz CT molecular complexity index is 893. The predicted octanol–water partition coefficient (Wildman–Crippen LogP) is 2.15. The molecule has 2 rings (SSSR count). The summed E-state index contributed by atoms with van der Waals surface area (Å²) in [5.41, 5.74) is 0. The van der Waals surface area contributed by atoms with Crippen molar-refractivity contribution in [2.24, 2.45) is 0 Å². The Labute approximate surface area is 173 Å². The number of hydrogen-bond acceptors (Lipinski definition) is 5. The second-order valence-corrected chi connectivity index (χ2v) is 8.99. The molecule has 0 bridgehead atoms. The molecular weight excluding hydrogens is 392 g/mol. The highest BCUT2D eigenvalue weighted by Gasteiger charge is 2.21. The van der Waals surface area contributed by atoms with Gasteiger partial charge in [-0.3, -0.25) is 4.79 Å². The molecule has 0 atom stereocenters. The van der Waals surface area contributed by atoms with E-state index in [1.54, 1.807) is 30.3 Å². The first-order chi connectivity index (χ1) is 13.8. The Balaban J connectivity index is 1.75. The SMILES string of the molecule is COc1ccc(S(=O)(=O)N(C)CCCC(=O)N(C)CCCn2ccnc2C)cc1. The van der Waals surface area contributed by atoms with Crippen molar-refractivity contribution >= 4 is 15.9 Å². The van der Waals surface area contributed by atoms with E-state index < -0.39 is 10.0 Å². The van der Waals surface area contributed by atoms with E-state index in [0.29, 0.717) is 25.1 Å². The van der Waals surface area contributed by atoms with E-state index in [4.69, 9.17) is 4.74 Å². The van der Waals surface area contributed by atoms with Crippen LogP contribution in [0.2, 0.25) is 0 Å². The van der Waals surface area contributed by atoms with Gasteiger partial charge in [0.15, 0.2) is 0 Å². The molecule has 0 unspecified atom stereocenters. The molecule has 1 aromatic carbocycles. The van der Waals surface area contributed by atoms with Crippen LogP contribution in [0.25, 0.3) is 0 Å². The molecule has 2 aromatic rings. The monoisotopic (exact) mass is 422 g/mol. The number of ether oxygens (including phenoxy) is 1. The van der Waals surface area contributed by atoms with Crippen molar-refractivity contribution in [2.45, 2.75) is 37.6 Å². The number of nitrogens with zero attached hydrogens (tertiary/aromatic N) is 4. The number of rotatable bonds is 11. The van der Waals surface area contributed by atoms with Gasteiger partial charge in [-0.05, 0) is 44.0 Å². The van der Waals surface area contributed by atoms with Gasteiger partial charge in [-0.2, -0.15) is 0 Å². The quantitative estimate of drug-likeness (QED) is 0.554. The molecular formula is C20H30N4O4S. The highest BCUT2D eigenvalue weighted by molar-refractivity contribution is 7.89. The maximum Gasteiger partial charge on any atom is 0.242 e. The van der Waals surface area contributed by atoms with E-state index in [0.717, 1.165) is 18.8 Å². The summed E-state index contributed by atoms with van der Waals surface area (Å²) in [4.78, 5) is 18.4. The lowest BCUT2D eigenvalue weighted by Crippen LogP contribution is -2.31. The number of imidazole rings is 1. The van der Waals surface area contributed by atoms with Gasteiger partial charge in [0, 0.05) is 52.5 Å². The first kappa shape index (κ1) is 22.9. The van der Waals surface area contributed by atoms with Crippen LogP contribution in [0.3, 0.4) is 0 Å². The van der Waals surface area contributed by atoms with E-state index in [1.165, 1.54) is 30.6 Å². The lowest BCUT2D eigenvalue weighted by Gasteiger charge is -2.20. The molecule has 0 radical (unpaired) electrons. The number of sulfonamides is 1. The van der Waals surface area contributed by atoms with E-state index in [2.05, 4.69) is 9.55 Å². The predicted molar refractivity (Wildman–Crippen MR) is 111 cm³/mol. The molecule has 9 heteroatoms. The standard InChI is InChI=1S/C20H30N4O4S/c1-17-21-12-16-24(17)15-6-13-22(2)20(25)7-5-14-23(3)29(26,27)19-10-8-18(28-4)9-11-19/h8-12,16H,5-7,13-15H2,1-4H3. The normalized spacial score (nSPS) is 11.6. The minimum atomic E-state index is -3.58. The van der Waals surface area contributed by atoms with E-state index >= 15 is 0 Å². The summed E-state index contributed by atoms with van der Waals surface area (Å²) in [7, 11) is 1.26. The van der Waals surface area contributed by atoms with E-state index in [-0.39, 0.29) is 17.3 Å². The zero-order chi connectivity index (χ0) is 21.4. The molecule has 1 amide bonds. The summed E-state index contributed by atoms with van der Waals surface area (Å²) in [6.07, 6.45) is 5.31. The van der Waals surface area contributed by atoms with Gasteiger partial charge in [0.25, 0.3) is 0 Å². The van der Waals surface area contributed by atoms with E-state index in [1.807, 2.05) is 13.1 Å². The Kier molecular flexibility index (Phi) is 8.21. The number of carbonyl (C=O) groups is 1. The zero-order valence-electron chi connectivity index (χ0n) is 17.5. The lowest BCUT2D eigenvalue weighted by molar-refractivity contribution is -0.130. The summed E-state index contributed by atoms with van der Waals surface area (Å²) < 4.78 is 33.6. The van der Waals surface area contributed by atoms with Gasteiger partial charge in [-0.25, -0.2) is 17.7 Å². The van der Waals surface area contributed by atoms with Crippen LogP contribution < -0.4 is 4.74 Å². The smallest absolute Gasteiger partial charge is 0.242 e. The Morgan fingerprint density at radius 3 is 2.41 bits per heavy atom. The van der Waals surface area contributed by atoms with Crippen LogP contribution in [0.4, 0.5) is 0 Å². The minimum Gasteiger partial charge on any atom is -0.497 e. The topological polar surface area (TPSA) is 84.7 Å². The van der Waals surface area contributed by atoms with Gasteiger partial charge in [-0.15, -0.1) is 0 Å². The van der Waals surface area contributed by atoms with Crippen LogP contribution in [0.15, 0.2) is 41.6 Å². The highest BCUT2D eigenvalue weighted by atomic mass is 32.2. The molecule has 0 aliphatic rings. The van der Waals surface area contributed by atoms with Crippen LogP contribution in [-0.4, -0.2) is 67.4 Å². The van der Waals surface area contributed by atoms with Gasteiger partial charge in [0.2, 0.25) is 15.9 Å². The van der Waals surface area contributed by atoms with Crippen molar-refractivity contribution in [3.8, 4) is 5.75 Å². The van der Waals surface area contributed by atoms with Crippen molar-refractivity contribution in [1.29, 1.82) is 0 Å². The van der Waals surface area contributed by atoms with Crippen LogP contribution in [0.1, 0.15) is 25.1 Å². The van der Waals surface area contributed by atoms with Crippen LogP contribution in [0, 0.1) is 6.92 Å². The van der Waals surface area contributed by atoms with Crippen LogP contribution >= 0.6 is 0 Å². The summed E-state index contributed by atoms with van der Waals surface area (Å²) in [6.45, 7) is 3.69. The lowest BCUT2D eigenvalue weighted by atomic mass is 10.2. The Morgan fingerprint density at radius 1 is 1.14 bits per heavy atom. The largest absolute Gasteiger partial charge is 0.497 e. The molecule has 1 heterocycles. The Hall–Kier alpha value is -2.39. The Morgan fingerprint density at radius 2 is 1.83 bits per heavy atom. The van der Waals surface area contributed by atoms with Crippen molar-refractivity contribution in [1.82, 2.24) is 18.8 Å². The van der Waals surface area contributed by atoms with Crippen molar-refractivity contribution < 1.29 is 17.9 Å². The number of benzene rings is 1. The third-order valence-corrected chi connectivity index (χ3v) is 6.74. The third-order valence-electron chi connectivity index (χ3n) is 4.87. The number of carbonyl (C=O) groups excluding carboxylic acids is 1. The molecule has 0 spiro atoms. The van der Waals surface area contributed by atoms with Gasteiger partial charge >= 0.3 is 0 Å². The van der Waals surface area contributed by atoms with Crippen molar-refractivity contribution in [2.75, 3.05) is 34.3 Å². The molecule has 0 N–H and O–H groups in total. The zero-order valence-corrected chi connectivity index (χ0v) is 18.4. The molecule has 29 heavy (non-hydrogen) atoms. The number of methoxy groups -OCH3 is 1. The van der Waals surface area contributed by atoms with Gasteiger partial charge in [-0.1, -0.05) is 0 Å². The van der Waals surface area contributed by atoms with Gasteiger partial charge < -0.3 is 14.2 Å². The molecule has 8 nitrogen and oxygen atoms in total. The summed E-state index contributed by atoms with van der Waals surface area (Å²) in [5.74, 6) is 1.58. The van der Waals surface area contributed by atoms with Gasteiger partial charge in [0.05, 0.1) is 12.0 Å². The maximum atomic E-state index is 12.6. The molecule has 0 fully saturated rings. The fourth-order valence-electron chi connectivity index (χ4n) is 2.93. The summed E-state index contributed by atoms with van der Waals surface area (Å²) in [5, 5.41) is 0. The second kappa shape index (κ2) is 10.4. The third kappa shape index (κ3) is 6.30. The number of hydrogen-bond donors (Lipinski definition) is 0. The fourth-order valence-corrected chi connectivity index (χ4v) is 4.14. The number of amides is 1. The second-order valence-electron chi connectivity index (χ2n) is 6.94. The molecule has 0 aliphatic heterocycles. The molecule has 160 valence electrons. The van der Waals surface area contributed by atoms with Crippen molar-refractivity contribution in [3.63, 3.8) is 0 Å². The van der Waals surface area contributed by atoms with Crippen LogP contribution in [0.5, 0.6) is 5.75 Å². The number of aryl methyl sites for hydroxylation is 2. The molecule has 1 aromatic heterocycles. The summed E-state index contributed by atoms with van der Waals surface area (Å²) >= 11 is 0. The van der Waals surface area contributed by atoms with Crippen molar-refractivity contribution in [3.05, 3.63) is 42.5 Å². The van der Waals surface area contributed by atoms with Crippen LogP contribution in [-0.2, 0) is 21.4 Å². The first-order valence-electron chi connectivity index (χ1n) is 9.58. The minimum absolute atomic E-state index is 0.0163. The fraction of sp³-hybridized carbons (Fsp3) is 0.500. The average molecular weight is 423 g/mol. The molecule has 0 saturated heterocycles. The molecule has 0 saturated carbocycles. The average Bonchev–Trinajstić information content (AvgIpc) is 3.12. The highest BCUT2D eigenvalue weighted by Crippen LogP contribution is 2.19.